The summed E-state index contributed by atoms with van der Waals surface area (Å²) in [6.45, 7) is 9.38. The van der Waals surface area contributed by atoms with Gasteiger partial charge in [-0.2, -0.15) is 0 Å². The summed E-state index contributed by atoms with van der Waals surface area (Å²) >= 11 is 0. The zero-order valence-electron chi connectivity index (χ0n) is 12.4. The molecule has 0 aromatic rings. The fourth-order valence-electron chi connectivity index (χ4n) is 4.60. The zero-order chi connectivity index (χ0) is 12.8. The average molecular weight is 246 g/mol. The molecule has 102 valence electrons. The molecular formula is C18H30. The number of hydrogen-bond donors (Lipinski definition) is 0. The SMILES string of the molecule is C=C1CCC(C)(C)CCCC2CC1CC1(CC1)C2. The maximum atomic E-state index is 4.47. The van der Waals surface area contributed by atoms with Crippen LogP contribution in [0.1, 0.15) is 78.1 Å². The van der Waals surface area contributed by atoms with Crippen molar-refractivity contribution in [2.24, 2.45) is 22.7 Å². The molecule has 0 heteroatoms. The molecule has 18 heavy (non-hydrogen) atoms. The lowest BCUT2D eigenvalue weighted by atomic mass is 9.66. The molecule has 2 atom stereocenters. The lowest BCUT2D eigenvalue weighted by molar-refractivity contribution is 0.166. The van der Waals surface area contributed by atoms with E-state index in [0.29, 0.717) is 5.41 Å². The first-order valence-corrected chi connectivity index (χ1v) is 8.16. The van der Waals surface area contributed by atoms with E-state index in [9.17, 15) is 0 Å². The van der Waals surface area contributed by atoms with Crippen LogP contribution in [0.4, 0.5) is 0 Å². The second-order valence-corrected chi connectivity index (χ2v) is 8.42. The fourth-order valence-corrected chi connectivity index (χ4v) is 4.60. The molecule has 1 spiro atoms. The Hall–Kier alpha value is -0.260. The molecule has 0 amide bonds. The van der Waals surface area contributed by atoms with Crippen molar-refractivity contribution < 1.29 is 0 Å². The summed E-state index contributed by atoms with van der Waals surface area (Å²) in [5.74, 6) is 1.90. The van der Waals surface area contributed by atoms with Gasteiger partial charge in [-0.05, 0) is 74.0 Å². The van der Waals surface area contributed by atoms with Crippen LogP contribution in [0, 0.1) is 22.7 Å². The largest absolute Gasteiger partial charge is 0.0996 e. The quantitative estimate of drug-likeness (QED) is 0.479. The summed E-state index contributed by atoms with van der Waals surface area (Å²) in [6, 6.07) is 0. The van der Waals surface area contributed by atoms with Crippen molar-refractivity contribution >= 4 is 0 Å². The molecule has 0 saturated heterocycles. The molecule has 0 heterocycles. The van der Waals surface area contributed by atoms with E-state index in [1.165, 1.54) is 57.8 Å². The van der Waals surface area contributed by atoms with Crippen molar-refractivity contribution in [3.63, 3.8) is 0 Å². The average Bonchev–Trinajstić information content (AvgIpc) is 3.03. The Labute approximate surface area is 113 Å². The molecule has 3 rings (SSSR count). The molecule has 0 radical (unpaired) electrons. The number of allylic oxidation sites excluding steroid dienone is 1. The summed E-state index contributed by atoms with van der Waals surface area (Å²) < 4.78 is 0. The Balaban J connectivity index is 1.73. The lowest BCUT2D eigenvalue weighted by Crippen LogP contribution is -2.27. The van der Waals surface area contributed by atoms with Crippen LogP contribution in [0.3, 0.4) is 0 Å². The number of fused-ring (bicyclic) bond motifs is 2. The van der Waals surface area contributed by atoms with E-state index in [1.54, 1.807) is 12.0 Å². The Morgan fingerprint density at radius 3 is 2.56 bits per heavy atom. The van der Waals surface area contributed by atoms with Crippen LogP contribution in [0.15, 0.2) is 12.2 Å². The Morgan fingerprint density at radius 1 is 1.06 bits per heavy atom. The first-order valence-electron chi connectivity index (χ1n) is 8.16. The van der Waals surface area contributed by atoms with Gasteiger partial charge in [-0.1, -0.05) is 38.8 Å². The highest BCUT2D eigenvalue weighted by Crippen LogP contribution is 2.61. The summed E-state index contributed by atoms with van der Waals surface area (Å²) in [4.78, 5) is 0. The summed E-state index contributed by atoms with van der Waals surface area (Å²) in [5.41, 5.74) is 2.94. The third-order valence-corrected chi connectivity index (χ3v) is 6.14. The smallest absolute Gasteiger partial charge is 0.0198 e. The molecular weight excluding hydrogens is 216 g/mol. The maximum absolute atomic E-state index is 4.47. The van der Waals surface area contributed by atoms with E-state index in [-0.39, 0.29) is 0 Å². The van der Waals surface area contributed by atoms with Crippen molar-refractivity contribution in [1.29, 1.82) is 0 Å². The van der Waals surface area contributed by atoms with Crippen LogP contribution < -0.4 is 0 Å². The Morgan fingerprint density at radius 2 is 1.83 bits per heavy atom. The van der Waals surface area contributed by atoms with Gasteiger partial charge in [-0.3, -0.25) is 0 Å². The van der Waals surface area contributed by atoms with Gasteiger partial charge in [0.15, 0.2) is 0 Å². The molecule has 3 aliphatic carbocycles. The molecule has 2 bridgehead atoms. The molecule has 3 aliphatic rings. The van der Waals surface area contributed by atoms with Gasteiger partial charge >= 0.3 is 0 Å². The third kappa shape index (κ3) is 2.68. The Kier molecular flexibility index (Phi) is 3.11. The highest BCUT2D eigenvalue weighted by Gasteiger charge is 2.49. The van der Waals surface area contributed by atoms with E-state index in [0.717, 1.165) is 17.3 Å². The topological polar surface area (TPSA) is 0 Å². The number of rotatable bonds is 0. The van der Waals surface area contributed by atoms with Crippen molar-refractivity contribution in [2.75, 3.05) is 0 Å². The van der Waals surface area contributed by atoms with E-state index < -0.39 is 0 Å². The van der Waals surface area contributed by atoms with Gasteiger partial charge in [0, 0.05) is 0 Å². The second kappa shape index (κ2) is 4.39. The van der Waals surface area contributed by atoms with Gasteiger partial charge in [0.05, 0.1) is 0 Å². The second-order valence-electron chi connectivity index (χ2n) is 8.42. The molecule has 3 fully saturated rings. The monoisotopic (exact) mass is 246 g/mol. The van der Waals surface area contributed by atoms with Gasteiger partial charge in [-0.25, -0.2) is 0 Å². The normalized spacial score (nSPS) is 38.4. The minimum atomic E-state index is 0.547. The zero-order valence-corrected chi connectivity index (χ0v) is 12.4. The highest BCUT2D eigenvalue weighted by molar-refractivity contribution is 5.10. The molecule has 0 nitrogen and oxygen atoms in total. The molecule has 3 saturated carbocycles. The van der Waals surface area contributed by atoms with E-state index in [1.807, 2.05) is 0 Å². The predicted octanol–water partition coefficient (Wildman–Crippen LogP) is 5.73. The number of hydrogen-bond acceptors (Lipinski definition) is 0. The van der Waals surface area contributed by atoms with Gasteiger partial charge in [0.25, 0.3) is 0 Å². The maximum Gasteiger partial charge on any atom is -0.0198 e. The molecule has 2 unspecified atom stereocenters. The van der Waals surface area contributed by atoms with Crippen LogP contribution >= 0.6 is 0 Å². The van der Waals surface area contributed by atoms with Crippen LogP contribution in [0.25, 0.3) is 0 Å². The lowest BCUT2D eigenvalue weighted by Gasteiger charge is -2.39. The summed E-state index contributed by atoms with van der Waals surface area (Å²) in [7, 11) is 0. The molecule has 0 N–H and O–H groups in total. The van der Waals surface area contributed by atoms with E-state index >= 15 is 0 Å². The molecule has 0 aromatic carbocycles. The van der Waals surface area contributed by atoms with Crippen LogP contribution in [-0.4, -0.2) is 0 Å². The van der Waals surface area contributed by atoms with Gasteiger partial charge in [0.1, 0.15) is 0 Å². The minimum Gasteiger partial charge on any atom is -0.0996 e. The van der Waals surface area contributed by atoms with Crippen molar-refractivity contribution in [1.82, 2.24) is 0 Å². The van der Waals surface area contributed by atoms with Crippen molar-refractivity contribution in [2.45, 2.75) is 78.1 Å². The van der Waals surface area contributed by atoms with Crippen molar-refractivity contribution in [3.05, 3.63) is 12.2 Å². The third-order valence-electron chi connectivity index (χ3n) is 6.14. The molecule has 0 aliphatic heterocycles. The van der Waals surface area contributed by atoms with Gasteiger partial charge < -0.3 is 0 Å². The van der Waals surface area contributed by atoms with E-state index in [4.69, 9.17) is 0 Å². The fraction of sp³-hybridized carbons (Fsp3) is 0.889. The highest BCUT2D eigenvalue weighted by atomic mass is 14.5. The first kappa shape index (κ1) is 12.8. The van der Waals surface area contributed by atoms with Crippen LogP contribution in [0.5, 0.6) is 0 Å². The van der Waals surface area contributed by atoms with Gasteiger partial charge in [0.2, 0.25) is 0 Å². The summed E-state index contributed by atoms with van der Waals surface area (Å²) in [5, 5.41) is 0. The van der Waals surface area contributed by atoms with Crippen LogP contribution in [-0.2, 0) is 0 Å². The summed E-state index contributed by atoms with van der Waals surface area (Å²) in [6.07, 6.45) is 14.6. The van der Waals surface area contributed by atoms with Gasteiger partial charge in [-0.15, -0.1) is 0 Å². The van der Waals surface area contributed by atoms with Crippen LogP contribution in [0.2, 0.25) is 0 Å². The molecule has 0 aromatic heterocycles. The van der Waals surface area contributed by atoms with E-state index in [2.05, 4.69) is 20.4 Å². The van der Waals surface area contributed by atoms with Crippen molar-refractivity contribution in [3.8, 4) is 0 Å². The predicted molar refractivity (Wildman–Crippen MR) is 78.5 cm³/mol. The minimum absolute atomic E-state index is 0.547. The Bertz CT molecular complexity index is 332. The standard InChI is InChI=1S/C18H30/c1-14-6-8-17(2,3)7-4-5-15-11-16(14)13-18(12-15)9-10-18/h15-16H,1,4-13H2,2-3H3. The first-order chi connectivity index (χ1) is 8.48.